The van der Waals surface area contributed by atoms with Gasteiger partial charge in [0, 0.05) is 12.8 Å². The maximum absolute atomic E-state index is 12.0. The van der Waals surface area contributed by atoms with Crippen molar-refractivity contribution in [2.24, 2.45) is 0 Å². The van der Waals surface area contributed by atoms with E-state index >= 15 is 0 Å². The van der Waals surface area contributed by atoms with Gasteiger partial charge in [-0.25, -0.2) is 0 Å². The Kier molecular flexibility index (Phi) is 28.1. The highest BCUT2D eigenvalue weighted by Gasteiger charge is 2.16. The van der Waals surface area contributed by atoms with Gasteiger partial charge in [-0.1, -0.05) is 122 Å². The fourth-order valence-corrected chi connectivity index (χ4v) is 4.37. The number of hydrogen-bond donors (Lipinski definition) is 1. The number of aliphatic hydroxyl groups is 1. The number of rotatable bonds is 28. The third kappa shape index (κ3) is 27.5. The summed E-state index contributed by atoms with van der Waals surface area (Å²) in [6, 6.07) is 0. The molecule has 0 spiro atoms. The number of unbranched alkanes of at least 4 members (excludes halogenated alkanes) is 18. The van der Waals surface area contributed by atoms with Crippen LogP contribution in [0, 0.1) is 0 Å². The van der Waals surface area contributed by atoms with Gasteiger partial charge in [-0.2, -0.15) is 0 Å². The molecular formula is C32H60O5. The molecule has 1 atom stereocenters. The molecule has 0 bridgehead atoms. The summed E-state index contributed by atoms with van der Waals surface area (Å²) in [6.07, 6.45) is 30.0. The Morgan fingerprint density at radius 3 is 1.46 bits per heavy atom. The molecule has 0 aromatic rings. The zero-order valence-electron chi connectivity index (χ0n) is 24.5. The Morgan fingerprint density at radius 2 is 1.00 bits per heavy atom. The Hall–Kier alpha value is -1.36. The summed E-state index contributed by atoms with van der Waals surface area (Å²) in [6.45, 7) is 4.05. The van der Waals surface area contributed by atoms with Crippen molar-refractivity contribution in [3.8, 4) is 0 Å². The first kappa shape index (κ1) is 35.6. The van der Waals surface area contributed by atoms with Crippen LogP contribution in [-0.2, 0) is 19.1 Å². The molecule has 1 N–H and O–H groups in total. The lowest BCUT2D eigenvalue weighted by atomic mass is 10.1. The minimum Gasteiger partial charge on any atom is -0.462 e. The van der Waals surface area contributed by atoms with Gasteiger partial charge in [-0.15, -0.1) is 0 Å². The van der Waals surface area contributed by atoms with Crippen LogP contribution in [0.4, 0.5) is 0 Å². The van der Waals surface area contributed by atoms with Crippen LogP contribution in [0.25, 0.3) is 0 Å². The Balaban J connectivity index is 3.54. The van der Waals surface area contributed by atoms with Crippen LogP contribution in [0.5, 0.6) is 0 Å². The SMILES string of the molecule is CCCCCCCC/C=C\CCCCCCCCCC(=O)OC(CO)COC(=O)CCCCCCCC. The summed E-state index contributed by atoms with van der Waals surface area (Å²) in [5.74, 6) is -0.604. The maximum Gasteiger partial charge on any atom is 0.306 e. The lowest BCUT2D eigenvalue weighted by Crippen LogP contribution is -2.28. The number of carbonyl (C=O) groups excluding carboxylic acids is 2. The average Bonchev–Trinajstić information content (AvgIpc) is 2.90. The van der Waals surface area contributed by atoms with E-state index in [9.17, 15) is 14.7 Å². The van der Waals surface area contributed by atoms with Crippen LogP contribution >= 0.6 is 0 Å². The van der Waals surface area contributed by atoms with Crippen molar-refractivity contribution in [3.05, 3.63) is 12.2 Å². The van der Waals surface area contributed by atoms with E-state index in [4.69, 9.17) is 9.47 Å². The molecule has 0 amide bonds. The number of ether oxygens (including phenoxy) is 2. The first-order valence-corrected chi connectivity index (χ1v) is 15.7. The van der Waals surface area contributed by atoms with Crippen molar-refractivity contribution in [1.82, 2.24) is 0 Å². The lowest BCUT2D eigenvalue weighted by molar-refractivity contribution is -0.161. The number of carbonyl (C=O) groups is 2. The maximum atomic E-state index is 12.0. The van der Waals surface area contributed by atoms with Crippen molar-refractivity contribution < 1.29 is 24.2 Å². The molecule has 0 aliphatic carbocycles. The van der Waals surface area contributed by atoms with Crippen LogP contribution in [-0.4, -0.2) is 36.4 Å². The van der Waals surface area contributed by atoms with Gasteiger partial charge in [0.15, 0.2) is 6.10 Å². The number of esters is 2. The Labute approximate surface area is 229 Å². The van der Waals surface area contributed by atoms with Crippen molar-refractivity contribution in [2.75, 3.05) is 13.2 Å². The molecule has 0 rings (SSSR count). The summed E-state index contributed by atoms with van der Waals surface area (Å²) >= 11 is 0. The average molecular weight is 525 g/mol. The zero-order chi connectivity index (χ0) is 27.2. The highest BCUT2D eigenvalue weighted by atomic mass is 16.6. The second kappa shape index (κ2) is 29.2. The lowest BCUT2D eigenvalue weighted by Gasteiger charge is -2.15. The Bertz CT molecular complexity index is 531. The van der Waals surface area contributed by atoms with E-state index in [1.165, 1.54) is 96.3 Å². The summed E-state index contributed by atoms with van der Waals surface area (Å²) in [7, 11) is 0. The predicted molar refractivity (Wildman–Crippen MR) is 155 cm³/mol. The van der Waals surface area contributed by atoms with E-state index in [-0.39, 0.29) is 25.2 Å². The molecule has 1 unspecified atom stereocenters. The van der Waals surface area contributed by atoms with E-state index < -0.39 is 6.10 Å². The second-order valence-electron chi connectivity index (χ2n) is 10.5. The molecule has 0 radical (unpaired) electrons. The molecule has 5 heteroatoms. The molecule has 0 fully saturated rings. The fraction of sp³-hybridized carbons (Fsp3) is 0.875. The van der Waals surface area contributed by atoms with E-state index in [1.54, 1.807) is 0 Å². The molecule has 0 saturated carbocycles. The third-order valence-corrected chi connectivity index (χ3v) is 6.81. The van der Waals surface area contributed by atoms with Crippen molar-refractivity contribution >= 4 is 11.9 Å². The topological polar surface area (TPSA) is 72.8 Å². The van der Waals surface area contributed by atoms with Gasteiger partial charge >= 0.3 is 11.9 Å². The van der Waals surface area contributed by atoms with Gasteiger partial charge in [0.2, 0.25) is 0 Å². The van der Waals surface area contributed by atoms with Crippen LogP contribution < -0.4 is 0 Å². The largest absolute Gasteiger partial charge is 0.462 e. The zero-order valence-corrected chi connectivity index (χ0v) is 24.5. The van der Waals surface area contributed by atoms with Gasteiger partial charge < -0.3 is 14.6 Å². The smallest absolute Gasteiger partial charge is 0.306 e. The van der Waals surface area contributed by atoms with Gasteiger partial charge in [0.25, 0.3) is 0 Å². The number of allylic oxidation sites excluding steroid dienone is 2. The van der Waals surface area contributed by atoms with Crippen molar-refractivity contribution in [3.63, 3.8) is 0 Å². The molecule has 0 saturated heterocycles. The molecule has 0 aliphatic heterocycles. The standard InChI is InChI=1S/C32H60O5/c1-3-5-7-9-11-12-13-14-15-16-17-18-19-20-21-23-25-27-32(35)37-30(28-33)29-36-31(34)26-24-22-10-8-6-4-2/h14-15,30,33H,3-13,16-29H2,1-2H3/b15-14-. The highest BCUT2D eigenvalue weighted by molar-refractivity contribution is 5.70. The van der Waals surface area contributed by atoms with Gasteiger partial charge in [-0.3, -0.25) is 9.59 Å². The van der Waals surface area contributed by atoms with Gasteiger partial charge in [0.1, 0.15) is 6.61 Å². The van der Waals surface area contributed by atoms with Gasteiger partial charge in [0.05, 0.1) is 6.61 Å². The molecule has 0 aromatic heterocycles. The quantitative estimate of drug-likeness (QED) is 0.0628. The second-order valence-corrected chi connectivity index (χ2v) is 10.5. The summed E-state index contributed by atoms with van der Waals surface area (Å²) in [4.78, 5) is 23.9. The molecule has 0 aromatic carbocycles. The molecule has 5 nitrogen and oxygen atoms in total. The molecule has 218 valence electrons. The van der Waals surface area contributed by atoms with Gasteiger partial charge in [-0.05, 0) is 38.5 Å². The van der Waals surface area contributed by atoms with Crippen molar-refractivity contribution in [2.45, 2.75) is 168 Å². The first-order valence-electron chi connectivity index (χ1n) is 15.7. The summed E-state index contributed by atoms with van der Waals surface area (Å²) in [5, 5.41) is 9.43. The molecule has 0 heterocycles. The fourth-order valence-electron chi connectivity index (χ4n) is 4.37. The minimum absolute atomic E-state index is 0.0643. The van der Waals surface area contributed by atoms with Crippen LogP contribution in [0.1, 0.15) is 162 Å². The van der Waals surface area contributed by atoms with E-state index in [0.29, 0.717) is 12.8 Å². The highest BCUT2D eigenvalue weighted by Crippen LogP contribution is 2.12. The van der Waals surface area contributed by atoms with E-state index in [2.05, 4.69) is 26.0 Å². The molecule has 0 aliphatic rings. The molecular weight excluding hydrogens is 464 g/mol. The van der Waals surface area contributed by atoms with E-state index in [1.807, 2.05) is 0 Å². The minimum atomic E-state index is -0.763. The predicted octanol–water partition coefficient (Wildman–Crippen LogP) is 9.00. The van der Waals surface area contributed by atoms with Crippen LogP contribution in [0.15, 0.2) is 12.2 Å². The third-order valence-electron chi connectivity index (χ3n) is 6.81. The van der Waals surface area contributed by atoms with Crippen LogP contribution in [0.2, 0.25) is 0 Å². The monoisotopic (exact) mass is 524 g/mol. The number of aliphatic hydroxyl groups excluding tert-OH is 1. The number of hydrogen-bond acceptors (Lipinski definition) is 5. The first-order chi connectivity index (χ1) is 18.1. The molecule has 37 heavy (non-hydrogen) atoms. The normalized spacial score (nSPS) is 12.2. The summed E-state index contributed by atoms with van der Waals surface area (Å²) in [5.41, 5.74) is 0. The van der Waals surface area contributed by atoms with E-state index in [0.717, 1.165) is 38.5 Å². The van der Waals surface area contributed by atoms with Crippen LogP contribution in [0.3, 0.4) is 0 Å². The Morgan fingerprint density at radius 1 is 0.595 bits per heavy atom. The summed E-state index contributed by atoms with van der Waals surface area (Å²) < 4.78 is 10.5. The van der Waals surface area contributed by atoms with Crippen molar-refractivity contribution in [1.29, 1.82) is 0 Å².